The number of benzene rings is 1. The predicted octanol–water partition coefficient (Wildman–Crippen LogP) is 2.26. The molecule has 0 spiro atoms. The molecule has 0 aliphatic rings. The third kappa shape index (κ3) is 3.98. The van der Waals surface area contributed by atoms with Crippen molar-refractivity contribution >= 4 is 0 Å². The molecular weight excluding hydrogens is 221 g/mol. The molecule has 1 atom stereocenters. The van der Waals surface area contributed by atoms with Crippen LogP contribution in [0.15, 0.2) is 18.2 Å². The van der Waals surface area contributed by atoms with E-state index in [1.807, 2.05) is 19.9 Å². The van der Waals surface area contributed by atoms with Crippen molar-refractivity contribution in [3.63, 3.8) is 0 Å². The summed E-state index contributed by atoms with van der Waals surface area (Å²) in [4.78, 5) is 0. The second-order valence-electron chi connectivity index (χ2n) is 3.86. The molecule has 0 heterocycles. The standard InChI is InChI=1S/C13H20FNO2/c1-3-15-10(2)11-6-4-7-12(14)13(11)17-9-5-8-16/h4,6-7,10,15-16H,3,5,8-9H2,1-2H3. The molecule has 17 heavy (non-hydrogen) atoms. The summed E-state index contributed by atoms with van der Waals surface area (Å²) in [6.07, 6.45) is 0.503. The summed E-state index contributed by atoms with van der Waals surface area (Å²) in [5, 5.41) is 11.9. The molecule has 2 N–H and O–H groups in total. The number of hydrogen-bond donors (Lipinski definition) is 2. The lowest BCUT2D eigenvalue weighted by Gasteiger charge is -2.18. The fraction of sp³-hybridized carbons (Fsp3) is 0.538. The summed E-state index contributed by atoms with van der Waals surface area (Å²) in [6, 6.07) is 4.96. The minimum absolute atomic E-state index is 0.0415. The summed E-state index contributed by atoms with van der Waals surface area (Å²) < 4.78 is 19.1. The van der Waals surface area contributed by atoms with Crippen molar-refractivity contribution in [1.29, 1.82) is 0 Å². The van der Waals surface area contributed by atoms with Crippen molar-refractivity contribution in [2.24, 2.45) is 0 Å². The molecule has 0 aliphatic carbocycles. The topological polar surface area (TPSA) is 41.5 Å². The van der Waals surface area contributed by atoms with Gasteiger partial charge in [-0.15, -0.1) is 0 Å². The molecule has 0 fully saturated rings. The highest BCUT2D eigenvalue weighted by Crippen LogP contribution is 2.28. The zero-order valence-electron chi connectivity index (χ0n) is 10.4. The van der Waals surface area contributed by atoms with Gasteiger partial charge in [0, 0.05) is 24.6 Å². The Labute approximate surface area is 102 Å². The molecule has 0 aromatic heterocycles. The van der Waals surface area contributed by atoms with E-state index in [1.54, 1.807) is 6.07 Å². The zero-order chi connectivity index (χ0) is 12.7. The highest BCUT2D eigenvalue weighted by Gasteiger charge is 2.14. The normalized spacial score (nSPS) is 12.5. The van der Waals surface area contributed by atoms with Crippen molar-refractivity contribution < 1.29 is 14.2 Å². The van der Waals surface area contributed by atoms with Crippen LogP contribution in [0.3, 0.4) is 0 Å². The molecule has 96 valence electrons. The first kappa shape index (κ1) is 13.9. The Bertz CT molecular complexity index is 344. The second-order valence-corrected chi connectivity index (χ2v) is 3.86. The molecule has 0 saturated carbocycles. The summed E-state index contributed by atoms with van der Waals surface area (Å²) >= 11 is 0. The Morgan fingerprint density at radius 3 is 2.88 bits per heavy atom. The van der Waals surface area contributed by atoms with E-state index in [0.29, 0.717) is 13.0 Å². The Balaban J connectivity index is 2.83. The molecule has 0 amide bonds. The Hall–Kier alpha value is -1.13. The smallest absolute Gasteiger partial charge is 0.165 e. The molecule has 4 heteroatoms. The second kappa shape index (κ2) is 7.25. The van der Waals surface area contributed by atoms with E-state index in [2.05, 4.69) is 5.32 Å². The maximum absolute atomic E-state index is 13.7. The average molecular weight is 241 g/mol. The van der Waals surface area contributed by atoms with Crippen LogP contribution in [0.5, 0.6) is 5.75 Å². The highest BCUT2D eigenvalue weighted by atomic mass is 19.1. The predicted molar refractivity (Wildman–Crippen MR) is 65.7 cm³/mol. The van der Waals surface area contributed by atoms with E-state index >= 15 is 0 Å². The molecule has 0 radical (unpaired) electrons. The first-order chi connectivity index (χ1) is 8.20. The summed E-state index contributed by atoms with van der Waals surface area (Å²) in [5.41, 5.74) is 0.810. The van der Waals surface area contributed by atoms with E-state index in [9.17, 15) is 4.39 Å². The fourth-order valence-corrected chi connectivity index (χ4v) is 1.67. The first-order valence-electron chi connectivity index (χ1n) is 5.96. The Morgan fingerprint density at radius 2 is 2.24 bits per heavy atom. The van der Waals surface area contributed by atoms with E-state index in [4.69, 9.17) is 9.84 Å². The van der Waals surface area contributed by atoms with E-state index in [1.165, 1.54) is 6.07 Å². The molecule has 1 aromatic carbocycles. The summed E-state index contributed by atoms with van der Waals surface area (Å²) in [5.74, 6) is -0.0698. The molecule has 1 aromatic rings. The molecule has 0 aliphatic heterocycles. The molecule has 0 saturated heterocycles. The van der Waals surface area contributed by atoms with Gasteiger partial charge < -0.3 is 15.2 Å². The van der Waals surface area contributed by atoms with Crippen molar-refractivity contribution in [2.75, 3.05) is 19.8 Å². The lowest BCUT2D eigenvalue weighted by Crippen LogP contribution is -2.19. The first-order valence-corrected chi connectivity index (χ1v) is 5.96. The number of para-hydroxylation sites is 1. The number of aliphatic hydroxyl groups is 1. The van der Waals surface area contributed by atoms with Crippen molar-refractivity contribution in [3.8, 4) is 5.75 Å². The maximum Gasteiger partial charge on any atom is 0.165 e. The molecule has 3 nitrogen and oxygen atoms in total. The zero-order valence-corrected chi connectivity index (χ0v) is 10.4. The van der Waals surface area contributed by atoms with Crippen molar-refractivity contribution in [3.05, 3.63) is 29.6 Å². The van der Waals surface area contributed by atoms with Gasteiger partial charge in [-0.25, -0.2) is 4.39 Å². The summed E-state index contributed by atoms with van der Waals surface area (Å²) in [6.45, 7) is 5.16. The van der Waals surface area contributed by atoms with Crippen LogP contribution in [0.1, 0.15) is 31.9 Å². The number of halogens is 1. The maximum atomic E-state index is 13.7. The molecular formula is C13H20FNO2. The molecule has 0 bridgehead atoms. The van der Waals surface area contributed by atoms with Crippen LogP contribution in [-0.4, -0.2) is 24.9 Å². The highest BCUT2D eigenvalue weighted by molar-refractivity contribution is 5.37. The van der Waals surface area contributed by atoms with Crippen LogP contribution >= 0.6 is 0 Å². The van der Waals surface area contributed by atoms with Gasteiger partial charge in [0.1, 0.15) is 0 Å². The van der Waals surface area contributed by atoms with Crippen LogP contribution in [0, 0.1) is 5.82 Å². The Morgan fingerprint density at radius 1 is 1.47 bits per heavy atom. The van der Waals surface area contributed by atoms with Crippen molar-refractivity contribution in [1.82, 2.24) is 5.32 Å². The quantitative estimate of drug-likeness (QED) is 0.719. The van der Waals surface area contributed by atoms with Gasteiger partial charge in [0.05, 0.1) is 6.61 Å². The van der Waals surface area contributed by atoms with Gasteiger partial charge in [-0.3, -0.25) is 0 Å². The van der Waals surface area contributed by atoms with Gasteiger partial charge >= 0.3 is 0 Å². The number of rotatable bonds is 7. The van der Waals surface area contributed by atoms with Crippen molar-refractivity contribution in [2.45, 2.75) is 26.3 Å². The minimum atomic E-state index is -0.356. The lowest BCUT2D eigenvalue weighted by molar-refractivity contribution is 0.226. The monoisotopic (exact) mass is 241 g/mol. The van der Waals surface area contributed by atoms with Gasteiger partial charge in [-0.2, -0.15) is 0 Å². The number of hydrogen-bond acceptors (Lipinski definition) is 3. The average Bonchev–Trinajstić information content (AvgIpc) is 2.31. The van der Waals surface area contributed by atoms with E-state index in [0.717, 1.165) is 12.1 Å². The summed E-state index contributed by atoms with van der Waals surface area (Å²) in [7, 11) is 0. The SMILES string of the molecule is CCNC(C)c1cccc(F)c1OCCCO. The van der Waals surface area contributed by atoms with Gasteiger partial charge in [-0.05, 0) is 19.5 Å². The van der Waals surface area contributed by atoms with E-state index < -0.39 is 0 Å². The number of nitrogens with one attached hydrogen (secondary N) is 1. The largest absolute Gasteiger partial charge is 0.490 e. The fourth-order valence-electron chi connectivity index (χ4n) is 1.67. The van der Waals surface area contributed by atoms with Gasteiger partial charge in [-0.1, -0.05) is 19.1 Å². The number of ether oxygens (including phenoxy) is 1. The van der Waals surface area contributed by atoms with Gasteiger partial charge in [0.15, 0.2) is 11.6 Å². The Kier molecular flexibility index (Phi) is 5.94. The van der Waals surface area contributed by atoms with Gasteiger partial charge in [0.2, 0.25) is 0 Å². The molecule has 1 rings (SSSR count). The third-order valence-corrected chi connectivity index (χ3v) is 2.52. The van der Waals surface area contributed by atoms with Crippen LogP contribution < -0.4 is 10.1 Å². The molecule has 1 unspecified atom stereocenters. The van der Waals surface area contributed by atoms with Crippen LogP contribution in [0.25, 0.3) is 0 Å². The van der Waals surface area contributed by atoms with Crippen LogP contribution in [-0.2, 0) is 0 Å². The number of aliphatic hydroxyl groups excluding tert-OH is 1. The van der Waals surface area contributed by atoms with Gasteiger partial charge in [0.25, 0.3) is 0 Å². The third-order valence-electron chi connectivity index (χ3n) is 2.52. The van der Waals surface area contributed by atoms with Crippen LogP contribution in [0.4, 0.5) is 4.39 Å². The van der Waals surface area contributed by atoms with Crippen LogP contribution in [0.2, 0.25) is 0 Å². The lowest BCUT2D eigenvalue weighted by atomic mass is 10.1. The minimum Gasteiger partial charge on any atom is -0.490 e. The van der Waals surface area contributed by atoms with E-state index in [-0.39, 0.29) is 24.2 Å².